The topological polar surface area (TPSA) is 105 Å². The number of nitrogens with zero attached hydrogens (tertiary/aromatic N) is 3. The Kier molecular flexibility index (Phi) is 4.70. The summed E-state index contributed by atoms with van der Waals surface area (Å²) in [5.74, 6) is -1.37. The second kappa shape index (κ2) is 6.90. The molecule has 0 unspecified atom stereocenters. The highest BCUT2D eigenvalue weighted by molar-refractivity contribution is 5.92. The van der Waals surface area contributed by atoms with Crippen LogP contribution in [-0.4, -0.2) is 31.9 Å². The van der Waals surface area contributed by atoms with Gasteiger partial charge in [0.2, 0.25) is 0 Å². The van der Waals surface area contributed by atoms with Crippen LogP contribution in [-0.2, 0) is 11.3 Å². The first-order valence-corrected chi connectivity index (χ1v) is 6.05. The fourth-order valence-corrected chi connectivity index (χ4v) is 1.49. The largest absolute Gasteiger partial charge is 0.478 e. The van der Waals surface area contributed by atoms with Gasteiger partial charge < -0.3 is 10.4 Å². The molecule has 0 aromatic carbocycles. The Morgan fingerprint density at radius 3 is 2.71 bits per heavy atom. The first-order valence-electron chi connectivity index (χ1n) is 6.05. The van der Waals surface area contributed by atoms with E-state index in [1.165, 1.54) is 24.7 Å². The summed E-state index contributed by atoms with van der Waals surface area (Å²) in [6.45, 7) is 0.281. The van der Waals surface area contributed by atoms with Gasteiger partial charge in [0.25, 0.3) is 5.91 Å². The molecule has 0 bridgehead atoms. The van der Waals surface area contributed by atoms with Crippen molar-refractivity contribution in [1.82, 2.24) is 20.3 Å². The van der Waals surface area contributed by atoms with Crippen molar-refractivity contribution in [2.75, 3.05) is 0 Å². The molecule has 0 radical (unpaired) electrons. The Bertz CT molecular complexity index is 654. The van der Waals surface area contributed by atoms with Crippen molar-refractivity contribution >= 4 is 18.0 Å². The zero-order valence-electron chi connectivity index (χ0n) is 10.9. The lowest BCUT2D eigenvalue weighted by atomic mass is 10.2. The zero-order chi connectivity index (χ0) is 15.1. The third-order valence-electron chi connectivity index (χ3n) is 2.51. The van der Waals surface area contributed by atoms with E-state index in [0.29, 0.717) is 11.3 Å². The number of carbonyl (C=O) groups excluding carboxylic acids is 1. The number of pyridine rings is 1. The molecular weight excluding hydrogens is 272 g/mol. The van der Waals surface area contributed by atoms with Crippen molar-refractivity contribution in [2.24, 2.45) is 0 Å². The molecule has 0 saturated heterocycles. The number of rotatable bonds is 5. The van der Waals surface area contributed by atoms with Crippen LogP contribution in [0.4, 0.5) is 0 Å². The third-order valence-corrected chi connectivity index (χ3v) is 2.51. The van der Waals surface area contributed by atoms with Crippen molar-refractivity contribution in [2.45, 2.75) is 6.54 Å². The second-order valence-electron chi connectivity index (χ2n) is 4.03. The quantitative estimate of drug-likeness (QED) is 0.790. The van der Waals surface area contributed by atoms with Crippen LogP contribution in [0.15, 0.2) is 43.0 Å². The van der Waals surface area contributed by atoms with Gasteiger partial charge in [0, 0.05) is 18.5 Å². The molecule has 2 rings (SSSR count). The monoisotopic (exact) mass is 284 g/mol. The lowest BCUT2D eigenvalue weighted by Crippen LogP contribution is -2.24. The maximum absolute atomic E-state index is 11.9. The summed E-state index contributed by atoms with van der Waals surface area (Å²) in [4.78, 5) is 34.0. The fourth-order valence-electron chi connectivity index (χ4n) is 1.49. The van der Waals surface area contributed by atoms with Crippen LogP contribution in [0, 0.1) is 0 Å². The number of aromatic nitrogens is 3. The van der Waals surface area contributed by atoms with Gasteiger partial charge in [0.1, 0.15) is 12.0 Å². The minimum absolute atomic E-state index is 0.247. The summed E-state index contributed by atoms with van der Waals surface area (Å²) in [5, 5.41) is 11.2. The number of hydrogen-bond donors (Lipinski definition) is 2. The highest BCUT2D eigenvalue weighted by Gasteiger charge is 2.06. The van der Waals surface area contributed by atoms with E-state index in [-0.39, 0.29) is 18.1 Å². The van der Waals surface area contributed by atoms with E-state index in [1.54, 1.807) is 18.3 Å². The first kappa shape index (κ1) is 14.3. The van der Waals surface area contributed by atoms with Gasteiger partial charge >= 0.3 is 5.97 Å². The SMILES string of the molecule is O=C(O)/C=C/c1ccc(C(=O)NCc2ccncn2)nc1. The molecule has 0 aliphatic heterocycles. The summed E-state index contributed by atoms with van der Waals surface area (Å²) in [6.07, 6.45) is 6.84. The highest BCUT2D eigenvalue weighted by Crippen LogP contribution is 2.03. The summed E-state index contributed by atoms with van der Waals surface area (Å²) < 4.78 is 0. The van der Waals surface area contributed by atoms with Crippen LogP contribution in [0.3, 0.4) is 0 Å². The summed E-state index contributed by atoms with van der Waals surface area (Å²) in [5.41, 5.74) is 1.54. The smallest absolute Gasteiger partial charge is 0.328 e. The fraction of sp³-hybridized carbons (Fsp3) is 0.0714. The number of aliphatic carboxylic acids is 1. The molecule has 2 aromatic heterocycles. The van der Waals surface area contributed by atoms with Crippen molar-refractivity contribution in [3.05, 3.63) is 59.9 Å². The van der Waals surface area contributed by atoms with Crippen molar-refractivity contribution in [1.29, 1.82) is 0 Å². The molecular formula is C14H12N4O3. The van der Waals surface area contributed by atoms with Gasteiger partial charge in [-0.3, -0.25) is 9.78 Å². The Morgan fingerprint density at radius 1 is 1.24 bits per heavy atom. The van der Waals surface area contributed by atoms with E-state index in [0.717, 1.165) is 6.08 Å². The molecule has 1 amide bonds. The number of nitrogens with one attached hydrogen (secondary N) is 1. The van der Waals surface area contributed by atoms with Crippen LogP contribution in [0.5, 0.6) is 0 Å². The molecule has 106 valence electrons. The summed E-state index contributed by atoms with van der Waals surface area (Å²) in [6, 6.07) is 4.84. The maximum atomic E-state index is 11.9. The lowest BCUT2D eigenvalue weighted by molar-refractivity contribution is -0.131. The predicted octanol–water partition coefficient (Wildman–Crippen LogP) is 0.899. The van der Waals surface area contributed by atoms with Crippen LogP contribution in [0.1, 0.15) is 21.7 Å². The number of amides is 1. The van der Waals surface area contributed by atoms with Gasteiger partial charge in [-0.2, -0.15) is 0 Å². The Balaban J connectivity index is 1.95. The van der Waals surface area contributed by atoms with Crippen molar-refractivity contribution < 1.29 is 14.7 Å². The van der Waals surface area contributed by atoms with Gasteiger partial charge in [-0.1, -0.05) is 6.07 Å². The molecule has 2 heterocycles. The number of hydrogen-bond acceptors (Lipinski definition) is 5. The van der Waals surface area contributed by atoms with Crippen LogP contribution in [0.25, 0.3) is 6.08 Å². The van der Waals surface area contributed by atoms with Crippen LogP contribution < -0.4 is 5.32 Å². The van der Waals surface area contributed by atoms with E-state index in [9.17, 15) is 9.59 Å². The lowest BCUT2D eigenvalue weighted by Gasteiger charge is -2.04. The molecule has 0 saturated carbocycles. The minimum Gasteiger partial charge on any atom is -0.478 e. The summed E-state index contributed by atoms with van der Waals surface area (Å²) >= 11 is 0. The van der Waals surface area contributed by atoms with Gasteiger partial charge in [-0.15, -0.1) is 0 Å². The Morgan fingerprint density at radius 2 is 2.10 bits per heavy atom. The average molecular weight is 284 g/mol. The Hall–Kier alpha value is -3.09. The maximum Gasteiger partial charge on any atom is 0.328 e. The van der Waals surface area contributed by atoms with Gasteiger partial charge in [0.15, 0.2) is 0 Å². The van der Waals surface area contributed by atoms with E-state index in [1.807, 2.05) is 0 Å². The molecule has 21 heavy (non-hydrogen) atoms. The van der Waals surface area contributed by atoms with E-state index < -0.39 is 5.97 Å². The Labute approximate surface area is 120 Å². The average Bonchev–Trinajstić information content (AvgIpc) is 2.52. The normalized spacial score (nSPS) is 10.5. The molecule has 0 aliphatic rings. The summed E-state index contributed by atoms with van der Waals surface area (Å²) in [7, 11) is 0. The van der Waals surface area contributed by atoms with Crippen molar-refractivity contribution in [3.63, 3.8) is 0 Å². The molecule has 7 heteroatoms. The predicted molar refractivity (Wildman–Crippen MR) is 74.1 cm³/mol. The van der Waals surface area contributed by atoms with Gasteiger partial charge in [-0.25, -0.2) is 14.8 Å². The molecule has 2 N–H and O–H groups in total. The van der Waals surface area contributed by atoms with E-state index in [4.69, 9.17) is 5.11 Å². The molecule has 0 fully saturated rings. The standard InChI is InChI=1S/C14H12N4O3/c19-13(20)4-2-10-1-3-12(16-7-10)14(21)17-8-11-5-6-15-9-18-11/h1-7,9H,8H2,(H,17,21)(H,19,20)/b4-2+. The van der Waals surface area contributed by atoms with E-state index in [2.05, 4.69) is 20.3 Å². The van der Waals surface area contributed by atoms with Crippen LogP contribution in [0.2, 0.25) is 0 Å². The van der Waals surface area contributed by atoms with Crippen LogP contribution >= 0.6 is 0 Å². The zero-order valence-corrected chi connectivity index (χ0v) is 10.9. The number of carboxylic acids is 1. The molecule has 0 spiro atoms. The van der Waals surface area contributed by atoms with Gasteiger partial charge in [-0.05, 0) is 23.8 Å². The molecule has 0 atom stereocenters. The first-order chi connectivity index (χ1) is 10.1. The third kappa shape index (κ3) is 4.50. The number of carboxylic acid groups (broad SMARTS) is 1. The minimum atomic E-state index is -1.04. The van der Waals surface area contributed by atoms with Gasteiger partial charge in [0.05, 0.1) is 12.2 Å². The molecule has 0 aliphatic carbocycles. The molecule has 7 nitrogen and oxygen atoms in total. The second-order valence-corrected chi connectivity index (χ2v) is 4.03. The molecule has 2 aromatic rings. The van der Waals surface area contributed by atoms with Crippen molar-refractivity contribution in [3.8, 4) is 0 Å². The van der Waals surface area contributed by atoms with E-state index >= 15 is 0 Å². The highest BCUT2D eigenvalue weighted by atomic mass is 16.4. The number of carbonyl (C=O) groups is 2.